The molecule has 6 heteroatoms. The van der Waals surface area contributed by atoms with Crippen LogP contribution in [0, 0.1) is 0 Å². The van der Waals surface area contributed by atoms with Crippen molar-refractivity contribution >= 4 is 17.2 Å². The Bertz CT molecular complexity index is 922. The van der Waals surface area contributed by atoms with Crippen molar-refractivity contribution in [3.05, 3.63) is 58.9 Å². The molecule has 5 rings (SSSR count). The van der Waals surface area contributed by atoms with Crippen molar-refractivity contribution in [2.24, 2.45) is 0 Å². The van der Waals surface area contributed by atoms with Crippen molar-refractivity contribution in [2.75, 3.05) is 13.1 Å². The van der Waals surface area contributed by atoms with Crippen LogP contribution in [-0.4, -0.2) is 38.9 Å². The number of rotatable bonds is 4. The summed E-state index contributed by atoms with van der Waals surface area (Å²) in [6.07, 6.45) is 6.24. The van der Waals surface area contributed by atoms with Gasteiger partial charge in [-0.25, -0.2) is 4.68 Å². The normalized spacial score (nSPS) is 19.2. The van der Waals surface area contributed by atoms with Gasteiger partial charge in [0.1, 0.15) is 5.69 Å². The molecule has 2 fully saturated rings. The van der Waals surface area contributed by atoms with E-state index in [1.165, 1.54) is 4.88 Å². The van der Waals surface area contributed by atoms with Gasteiger partial charge in [-0.1, -0.05) is 54.5 Å². The molecular weight excluding hydrogens is 356 g/mol. The number of amides is 1. The summed E-state index contributed by atoms with van der Waals surface area (Å²) in [4.78, 5) is 16.6. The Hall–Kier alpha value is -2.47. The van der Waals surface area contributed by atoms with Gasteiger partial charge in [-0.3, -0.25) is 4.79 Å². The number of nitrogens with zero attached hydrogens (tertiary/aromatic N) is 4. The van der Waals surface area contributed by atoms with E-state index in [4.69, 9.17) is 0 Å². The van der Waals surface area contributed by atoms with Crippen molar-refractivity contribution in [3.63, 3.8) is 0 Å². The van der Waals surface area contributed by atoms with Gasteiger partial charge in [0, 0.05) is 23.5 Å². The van der Waals surface area contributed by atoms with Crippen molar-refractivity contribution in [2.45, 2.75) is 37.1 Å². The van der Waals surface area contributed by atoms with Crippen LogP contribution >= 0.6 is 11.3 Å². The van der Waals surface area contributed by atoms with Gasteiger partial charge in [-0.05, 0) is 24.3 Å². The summed E-state index contributed by atoms with van der Waals surface area (Å²) in [6, 6.07) is 14.5. The molecule has 1 aliphatic heterocycles. The average molecular weight is 379 g/mol. The molecule has 0 atom stereocenters. The number of carbonyl (C=O) groups excluding carboxylic acids is 1. The molecule has 0 bridgehead atoms. The van der Waals surface area contributed by atoms with Crippen LogP contribution < -0.4 is 0 Å². The maximum Gasteiger partial charge on any atom is 0.234 e. The topological polar surface area (TPSA) is 51.0 Å². The molecule has 0 N–H and O–H groups in total. The third-order valence-corrected chi connectivity index (χ3v) is 7.04. The number of likely N-dealkylation sites (tertiary alicyclic amines) is 1. The Morgan fingerprint density at radius 3 is 2.56 bits per heavy atom. The highest BCUT2D eigenvalue weighted by Gasteiger charge is 2.48. The minimum atomic E-state index is -0.281. The van der Waals surface area contributed by atoms with Gasteiger partial charge in [0.25, 0.3) is 0 Å². The van der Waals surface area contributed by atoms with Crippen LogP contribution in [0.4, 0.5) is 0 Å². The van der Waals surface area contributed by atoms with E-state index in [9.17, 15) is 4.79 Å². The zero-order chi connectivity index (χ0) is 18.3. The largest absolute Gasteiger partial charge is 0.337 e. The SMILES string of the molecule is O=C(N1CC(n2cc(-c3ccccc3)nn2)C1)C1(c2cccs2)CCCC1. The molecule has 0 radical (unpaired) electrons. The van der Waals surface area contributed by atoms with E-state index in [0.717, 1.165) is 50.0 Å². The van der Waals surface area contributed by atoms with Crippen molar-refractivity contribution < 1.29 is 4.79 Å². The second kappa shape index (κ2) is 6.60. The predicted octanol–water partition coefficient (Wildman–Crippen LogP) is 3.90. The monoisotopic (exact) mass is 378 g/mol. The summed E-state index contributed by atoms with van der Waals surface area (Å²) in [5.41, 5.74) is 1.67. The van der Waals surface area contributed by atoms with Gasteiger partial charge in [0.05, 0.1) is 17.7 Å². The summed E-state index contributed by atoms with van der Waals surface area (Å²) in [5, 5.41) is 10.7. The molecule has 1 saturated carbocycles. The van der Waals surface area contributed by atoms with Crippen molar-refractivity contribution in [1.29, 1.82) is 0 Å². The van der Waals surface area contributed by atoms with Gasteiger partial charge >= 0.3 is 0 Å². The van der Waals surface area contributed by atoms with Crippen molar-refractivity contribution in [1.82, 2.24) is 19.9 Å². The number of thiophene rings is 1. The maximum absolute atomic E-state index is 13.3. The van der Waals surface area contributed by atoms with Crippen LogP contribution in [0.3, 0.4) is 0 Å². The maximum atomic E-state index is 13.3. The zero-order valence-corrected chi connectivity index (χ0v) is 15.9. The van der Waals surface area contributed by atoms with E-state index < -0.39 is 0 Å². The highest BCUT2D eigenvalue weighted by molar-refractivity contribution is 7.10. The molecule has 1 saturated heterocycles. The predicted molar refractivity (Wildman–Crippen MR) is 106 cm³/mol. The first-order chi connectivity index (χ1) is 13.3. The minimum absolute atomic E-state index is 0.223. The van der Waals surface area contributed by atoms with E-state index in [-0.39, 0.29) is 11.5 Å². The van der Waals surface area contributed by atoms with Gasteiger partial charge in [-0.2, -0.15) is 0 Å². The van der Waals surface area contributed by atoms with E-state index in [0.29, 0.717) is 5.91 Å². The number of hydrogen-bond donors (Lipinski definition) is 0. The number of aromatic nitrogens is 3. The van der Waals surface area contributed by atoms with Crippen LogP contribution in [-0.2, 0) is 10.2 Å². The fourth-order valence-corrected chi connectivity index (χ4v) is 5.36. The summed E-state index contributed by atoms with van der Waals surface area (Å²) in [6.45, 7) is 1.45. The lowest BCUT2D eigenvalue weighted by atomic mass is 9.81. The third-order valence-electron chi connectivity index (χ3n) is 5.96. The van der Waals surface area contributed by atoms with Crippen molar-refractivity contribution in [3.8, 4) is 11.3 Å². The zero-order valence-electron chi connectivity index (χ0n) is 15.1. The number of benzene rings is 1. The average Bonchev–Trinajstić information content (AvgIpc) is 3.41. The molecule has 1 aliphatic carbocycles. The number of carbonyl (C=O) groups is 1. The minimum Gasteiger partial charge on any atom is -0.337 e. The molecule has 27 heavy (non-hydrogen) atoms. The van der Waals surface area contributed by atoms with Crippen LogP contribution in [0.2, 0.25) is 0 Å². The van der Waals surface area contributed by atoms with E-state index in [1.807, 2.05) is 46.1 Å². The molecule has 138 valence electrons. The Labute approximate surface area is 162 Å². The summed E-state index contributed by atoms with van der Waals surface area (Å²) < 4.78 is 1.92. The summed E-state index contributed by atoms with van der Waals surface area (Å²) in [5.74, 6) is 0.307. The molecule has 5 nitrogen and oxygen atoms in total. The Morgan fingerprint density at radius 2 is 1.85 bits per heavy atom. The second-order valence-electron chi connectivity index (χ2n) is 7.58. The fourth-order valence-electron chi connectivity index (χ4n) is 4.38. The lowest BCUT2D eigenvalue weighted by Crippen LogP contribution is -2.56. The fraction of sp³-hybridized carbons (Fsp3) is 0.381. The summed E-state index contributed by atoms with van der Waals surface area (Å²) >= 11 is 1.72. The van der Waals surface area contributed by atoms with Gasteiger partial charge < -0.3 is 4.90 Å². The van der Waals surface area contributed by atoms with E-state index >= 15 is 0 Å². The first-order valence-electron chi connectivity index (χ1n) is 9.57. The standard InChI is InChI=1S/C21H22N4OS/c26-20(21(10-4-5-11-21)19-9-6-12-27-19)24-13-17(14-24)25-15-18(22-23-25)16-7-2-1-3-8-16/h1-3,6-9,12,15,17H,4-5,10-11,13-14H2. The Balaban J connectivity index is 1.29. The quantitative estimate of drug-likeness (QED) is 0.692. The Kier molecular flexibility index (Phi) is 4.08. The highest BCUT2D eigenvalue weighted by Crippen LogP contribution is 2.45. The molecule has 2 aromatic heterocycles. The molecule has 1 amide bonds. The molecule has 1 aromatic carbocycles. The lowest BCUT2D eigenvalue weighted by Gasteiger charge is -2.43. The second-order valence-corrected chi connectivity index (χ2v) is 8.53. The molecule has 3 heterocycles. The molecular formula is C21H22N4OS. The Morgan fingerprint density at radius 1 is 1.07 bits per heavy atom. The first-order valence-corrected chi connectivity index (χ1v) is 10.4. The van der Waals surface area contributed by atoms with E-state index in [2.05, 4.69) is 27.8 Å². The third kappa shape index (κ3) is 2.79. The molecule has 2 aliphatic rings. The highest BCUT2D eigenvalue weighted by atomic mass is 32.1. The molecule has 0 spiro atoms. The summed E-state index contributed by atoms with van der Waals surface area (Å²) in [7, 11) is 0. The molecule has 0 unspecified atom stereocenters. The van der Waals surface area contributed by atoms with E-state index in [1.54, 1.807) is 11.3 Å². The van der Waals surface area contributed by atoms with Gasteiger partial charge in [0.2, 0.25) is 5.91 Å². The van der Waals surface area contributed by atoms with Crippen LogP contribution in [0.5, 0.6) is 0 Å². The number of hydrogen-bond acceptors (Lipinski definition) is 4. The van der Waals surface area contributed by atoms with Gasteiger partial charge in [-0.15, -0.1) is 16.4 Å². The smallest absolute Gasteiger partial charge is 0.234 e. The van der Waals surface area contributed by atoms with Crippen LogP contribution in [0.25, 0.3) is 11.3 Å². The van der Waals surface area contributed by atoms with Crippen LogP contribution in [0.15, 0.2) is 54.0 Å². The molecule has 3 aromatic rings. The first kappa shape index (κ1) is 16.7. The van der Waals surface area contributed by atoms with Gasteiger partial charge in [0.15, 0.2) is 0 Å². The lowest BCUT2D eigenvalue weighted by molar-refractivity contribution is -0.143. The van der Waals surface area contributed by atoms with Crippen LogP contribution in [0.1, 0.15) is 36.6 Å².